The molecule has 2 rings (SSSR count). The van der Waals surface area contributed by atoms with E-state index in [0.29, 0.717) is 11.3 Å². The van der Waals surface area contributed by atoms with Crippen LogP contribution < -0.4 is 5.32 Å². The van der Waals surface area contributed by atoms with Gasteiger partial charge in [-0.15, -0.1) is 0 Å². The topological polar surface area (TPSA) is 82.2 Å². The third-order valence-corrected chi connectivity index (χ3v) is 2.21. The fourth-order valence-corrected chi connectivity index (χ4v) is 1.38. The van der Waals surface area contributed by atoms with E-state index in [4.69, 9.17) is 5.11 Å². The zero-order valence-corrected chi connectivity index (χ0v) is 8.81. The normalized spacial score (nSPS) is 9.88. The number of carbonyl (C=O) groups excluding carboxylic acids is 1. The molecule has 0 unspecified atom stereocenters. The first-order valence-corrected chi connectivity index (χ1v) is 4.95. The van der Waals surface area contributed by atoms with Crippen LogP contribution in [0.4, 0.5) is 5.69 Å². The van der Waals surface area contributed by atoms with E-state index >= 15 is 0 Å². The second-order valence-electron chi connectivity index (χ2n) is 3.43. The van der Waals surface area contributed by atoms with Crippen LogP contribution in [0.3, 0.4) is 0 Å². The Morgan fingerprint density at radius 3 is 2.47 bits per heavy atom. The molecule has 5 nitrogen and oxygen atoms in total. The monoisotopic (exact) mass is 230 g/mol. The van der Waals surface area contributed by atoms with E-state index < -0.39 is 5.97 Å². The van der Waals surface area contributed by atoms with Gasteiger partial charge in [0, 0.05) is 11.8 Å². The average molecular weight is 230 g/mol. The lowest BCUT2D eigenvalue weighted by atomic mass is 10.2. The lowest BCUT2D eigenvalue weighted by Gasteiger charge is -2.01. The van der Waals surface area contributed by atoms with Crippen LogP contribution in [0.25, 0.3) is 0 Å². The maximum atomic E-state index is 11.7. The maximum Gasteiger partial charge on any atom is 0.352 e. The van der Waals surface area contributed by atoms with Gasteiger partial charge >= 0.3 is 5.97 Å². The van der Waals surface area contributed by atoms with Crippen LogP contribution in [0, 0.1) is 0 Å². The summed E-state index contributed by atoms with van der Waals surface area (Å²) >= 11 is 0. The van der Waals surface area contributed by atoms with E-state index in [1.807, 2.05) is 6.07 Å². The van der Waals surface area contributed by atoms with Crippen molar-refractivity contribution in [3.63, 3.8) is 0 Å². The van der Waals surface area contributed by atoms with Gasteiger partial charge in [0.1, 0.15) is 5.69 Å². The van der Waals surface area contributed by atoms with Gasteiger partial charge in [-0.05, 0) is 18.2 Å². The molecule has 0 spiro atoms. The molecule has 0 atom stereocenters. The Bertz CT molecular complexity index is 546. The molecule has 0 radical (unpaired) electrons. The zero-order chi connectivity index (χ0) is 12.3. The summed E-state index contributed by atoms with van der Waals surface area (Å²) in [6.45, 7) is 0. The number of benzene rings is 1. The molecule has 0 aliphatic rings. The van der Waals surface area contributed by atoms with Crippen molar-refractivity contribution in [3.8, 4) is 0 Å². The molecule has 3 N–H and O–H groups in total. The highest BCUT2D eigenvalue weighted by molar-refractivity contribution is 6.04. The Labute approximate surface area is 97.1 Å². The molecule has 0 bridgehead atoms. The number of hydrogen-bond donors (Lipinski definition) is 3. The molecular formula is C12H10N2O3. The van der Waals surface area contributed by atoms with Gasteiger partial charge in [-0.1, -0.05) is 18.2 Å². The summed E-state index contributed by atoms with van der Waals surface area (Å²) in [5, 5.41) is 11.3. The first-order valence-electron chi connectivity index (χ1n) is 4.95. The third-order valence-electron chi connectivity index (χ3n) is 2.21. The van der Waals surface area contributed by atoms with Gasteiger partial charge in [-0.25, -0.2) is 4.79 Å². The Morgan fingerprint density at radius 1 is 1.18 bits per heavy atom. The molecule has 17 heavy (non-hydrogen) atoms. The zero-order valence-electron chi connectivity index (χ0n) is 8.81. The van der Waals surface area contributed by atoms with Crippen molar-refractivity contribution in [1.82, 2.24) is 4.98 Å². The highest BCUT2D eigenvalue weighted by Crippen LogP contribution is 2.11. The molecule has 1 aromatic carbocycles. The van der Waals surface area contributed by atoms with Crippen LogP contribution in [-0.4, -0.2) is 22.0 Å². The van der Waals surface area contributed by atoms with Crippen molar-refractivity contribution in [2.75, 3.05) is 5.32 Å². The number of carbonyl (C=O) groups is 2. The first-order chi connectivity index (χ1) is 8.16. The lowest BCUT2D eigenvalue weighted by molar-refractivity contribution is 0.0691. The number of hydrogen-bond acceptors (Lipinski definition) is 2. The maximum absolute atomic E-state index is 11.7. The van der Waals surface area contributed by atoms with Crippen LogP contribution in [0.1, 0.15) is 20.8 Å². The van der Waals surface area contributed by atoms with Crippen molar-refractivity contribution in [2.45, 2.75) is 0 Å². The van der Waals surface area contributed by atoms with E-state index in [0.717, 1.165) is 0 Å². The van der Waals surface area contributed by atoms with Crippen molar-refractivity contribution < 1.29 is 14.7 Å². The Hall–Kier alpha value is -2.56. The molecule has 86 valence electrons. The van der Waals surface area contributed by atoms with Crippen LogP contribution in [0.2, 0.25) is 0 Å². The summed E-state index contributed by atoms with van der Waals surface area (Å²) < 4.78 is 0. The predicted octanol–water partition coefficient (Wildman–Crippen LogP) is 1.97. The highest BCUT2D eigenvalue weighted by Gasteiger charge is 2.09. The number of carboxylic acids is 1. The number of H-pyrrole nitrogens is 1. The first kappa shape index (κ1) is 10.9. The van der Waals surface area contributed by atoms with Crippen molar-refractivity contribution in [1.29, 1.82) is 0 Å². The van der Waals surface area contributed by atoms with E-state index in [-0.39, 0.29) is 11.6 Å². The van der Waals surface area contributed by atoms with Crippen molar-refractivity contribution >= 4 is 17.6 Å². The standard InChI is InChI=1S/C12H10N2O3/c15-11(8-4-2-1-3-5-8)14-9-6-10(12(16)17)13-7-9/h1-7,13H,(H,14,15)(H,16,17). The number of aromatic nitrogens is 1. The summed E-state index contributed by atoms with van der Waals surface area (Å²) in [6, 6.07) is 10.1. The molecule has 1 amide bonds. The van der Waals surface area contributed by atoms with E-state index in [1.54, 1.807) is 24.3 Å². The Balaban J connectivity index is 2.11. The van der Waals surface area contributed by atoms with Gasteiger partial charge in [0.05, 0.1) is 5.69 Å². The molecule has 0 aliphatic carbocycles. The fourth-order valence-electron chi connectivity index (χ4n) is 1.38. The number of carboxylic acid groups (broad SMARTS) is 1. The van der Waals surface area contributed by atoms with Crippen LogP contribution in [0.5, 0.6) is 0 Å². The van der Waals surface area contributed by atoms with Gasteiger partial charge in [0.15, 0.2) is 0 Å². The molecule has 2 aromatic rings. The molecule has 0 aliphatic heterocycles. The van der Waals surface area contributed by atoms with Crippen LogP contribution >= 0.6 is 0 Å². The second kappa shape index (κ2) is 4.52. The fraction of sp³-hybridized carbons (Fsp3) is 0. The quantitative estimate of drug-likeness (QED) is 0.753. The minimum absolute atomic E-state index is 0.0355. The average Bonchev–Trinajstić information content (AvgIpc) is 2.79. The SMILES string of the molecule is O=C(Nc1c[nH]c(C(=O)O)c1)c1ccccc1. The minimum atomic E-state index is -1.06. The second-order valence-corrected chi connectivity index (χ2v) is 3.43. The Morgan fingerprint density at radius 2 is 1.88 bits per heavy atom. The molecular weight excluding hydrogens is 220 g/mol. The molecule has 1 aromatic heterocycles. The smallest absolute Gasteiger partial charge is 0.352 e. The van der Waals surface area contributed by atoms with Gasteiger partial charge in [-0.3, -0.25) is 4.79 Å². The summed E-state index contributed by atoms with van der Waals surface area (Å²) in [5.41, 5.74) is 0.982. The summed E-state index contributed by atoms with van der Waals surface area (Å²) in [6.07, 6.45) is 1.43. The summed E-state index contributed by atoms with van der Waals surface area (Å²) in [7, 11) is 0. The Kier molecular flexibility index (Phi) is 2.91. The largest absolute Gasteiger partial charge is 0.477 e. The molecule has 1 heterocycles. The highest BCUT2D eigenvalue weighted by atomic mass is 16.4. The summed E-state index contributed by atoms with van der Waals surface area (Å²) in [5.74, 6) is -1.34. The number of aromatic amines is 1. The summed E-state index contributed by atoms with van der Waals surface area (Å²) in [4.78, 5) is 24.9. The van der Waals surface area contributed by atoms with Gasteiger partial charge in [-0.2, -0.15) is 0 Å². The number of amides is 1. The van der Waals surface area contributed by atoms with Crippen LogP contribution in [-0.2, 0) is 0 Å². The number of rotatable bonds is 3. The van der Waals surface area contributed by atoms with Gasteiger partial charge in [0.2, 0.25) is 0 Å². The third kappa shape index (κ3) is 2.52. The molecule has 0 fully saturated rings. The van der Waals surface area contributed by atoms with Crippen molar-refractivity contribution in [2.24, 2.45) is 0 Å². The van der Waals surface area contributed by atoms with Crippen LogP contribution in [0.15, 0.2) is 42.6 Å². The minimum Gasteiger partial charge on any atom is -0.477 e. The van der Waals surface area contributed by atoms with Crippen molar-refractivity contribution in [3.05, 3.63) is 53.9 Å². The van der Waals surface area contributed by atoms with Gasteiger partial charge in [0.25, 0.3) is 5.91 Å². The molecule has 0 saturated carbocycles. The predicted molar refractivity (Wildman–Crippen MR) is 62.1 cm³/mol. The molecule has 0 saturated heterocycles. The number of aromatic carboxylic acids is 1. The van der Waals surface area contributed by atoms with E-state index in [1.165, 1.54) is 12.3 Å². The lowest BCUT2D eigenvalue weighted by Crippen LogP contribution is -2.10. The molecule has 5 heteroatoms. The number of nitrogens with one attached hydrogen (secondary N) is 2. The number of anilines is 1. The van der Waals surface area contributed by atoms with E-state index in [2.05, 4.69) is 10.3 Å². The van der Waals surface area contributed by atoms with Gasteiger partial charge < -0.3 is 15.4 Å². The van der Waals surface area contributed by atoms with E-state index in [9.17, 15) is 9.59 Å².